The van der Waals surface area contributed by atoms with Crippen molar-refractivity contribution in [3.05, 3.63) is 147 Å². The quantitative estimate of drug-likeness (QED) is 0.0239. The summed E-state index contributed by atoms with van der Waals surface area (Å²) in [5, 5.41) is 10.6. The Morgan fingerprint density at radius 2 is 0.963 bits per heavy atom. The average molecular weight is 1120 g/mol. The second-order valence-electron chi connectivity index (χ2n) is 19.0. The fraction of sp³-hybridized carbons (Fsp3) is 0.547. The number of esters is 5. The molecule has 1 saturated heterocycles. The zero-order chi connectivity index (χ0) is 59.7. The molecule has 1 aliphatic rings. The topological polar surface area (TPSA) is 178 Å². The van der Waals surface area contributed by atoms with Crippen LogP contribution in [0.15, 0.2) is 103 Å². The van der Waals surface area contributed by atoms with Gasteiger partial charge in [0.2, 0.25) is 0 Å². The standard InChI is InChI=1S/2C14H19FO2.C14H19NO4.C13H18O2.C9H17NO2/c1-3-6-12(14(16)17-4-2)9-11-7-5-8-13(15)10-11;1-3-5-12(14(16)17-4-2)10-11-6-8-13(15)9-7-11;1-3-5-12(14(16)19-4-2)10-11-6-8-13(9-7-11)15(17)18;1-3-8-12(13(14)15-4-2)11-9-6-5-7-10-11;1-3-10-7-5-6-8(10)9(11)12-4-2/h5,7-8,10,12H,3-4,6,9H2,1-2H3;6-9,12H,3-5,10H2,1-2H3;6-9,12H,3-5,10H2,1-2H3;5-7,9-10,12H,3-4,8H2,1-2H3;8H,3-7H2,1-2H3/t3*12-;;8-/m000.0/s1. The van der Waals surface area contributed by atoms with Gasteiger partial charge in [0.1, 0.15) is 17.7 Å². The molecule has 80 heavy (non-hydrogen) atoms. The summed E-state index contributed by atoms with van der Waals surface area (Å²) in [6, 6.07) is 28.8. The highest BCUT2D eigenvalue weighted by atomic mass is 19.1. The van der Waals surface area contributed by atoms with Crippen LogP contribution in [0.4, 0.5) is 14.5 Å². The van der Waals surface area contributed by atoms with E-state index in [9.17, 15) is 42.9 Å². The highest BCUT2D eigenvalue weighted by molar-refractivity contribution is 5.78. The van der Waals surface area contributed by atoms with Crippen LogP contribution < -0.4 is 0 Å². The van der Waals surface area contributed by atoms with Crippen LogP contribution in [0.25, 0.3) is 0 Å². The van der Waals surface area contributed by atoms with Gasteiger partial charge in [0.15, 0.2) is 0 Å². The molecule has 4 aromatic rings. The van der Waals surface area contributed by atoms with Gasteiger partial charge in [-0.3, -0.25) is 39.0 Å². The van der Waals surface area contributed by atoms with Crippen molar-refractivity contribution in [2.45, 2.75) is 165 Å². The normalized spacial score (nSPS) is 13.9. The van der Waals surface area contributed by atoms with E-state index in [1.54, 1.807) is 51.1 Å². The molecule has 0 bridgehead atoms. The summed E-state index contributed by atoms with van der Waals surface area (Å²) in [6.07, 6.45) is 10.7. The van der Waals surface area contributed by atoms with Crippen LogP contribution in [-0.4, -0.2) is 91.8 Å². The van der Waals surface area contributed by atoms with Crippen molar-refractivity contribution in [2.75, 3.05) is 46.1 Å². The number of carbonyl (C=O) groups excluding carboxylic acids is 5. The summed E-state index contributed by atoms with van der Waals surface area (Å²) in [6.45, 7) is 23.4. The smallest absolute Gasteiger partial charge is 0.323 e. The highest BCUT2D eigenvalue weighted by Crippen LogP contribution is 2.24. The summed E-state index contributed by atoms with van der Waals surface area (Å²) in [4.78, 5) is 70.6. The van der Waals surface area contributed by atoms with Crippen LogP contribution in [0.5, 0.6) is 0 Å². The first-order valence-corrected chi connectivity index (χ1v) is 28.8. The van der Waals surface area contributed by atoms with Gasteiger partial charge in [-0.05, 0) is 152 Å². The van der Waals surface area contributed by atoms with Crippen LogP contribution >= 0.6 is 0 Å². The van der Waals surface area contributed by atoms with Gasteiger partial charge < -0.3 is 23.7 Å². The monoisotopic (exact) mass is 1120 g/mol. The summed E-state index contributed by atoms with van der Waals surface area (Å²) in [5.74, 6) is -1.75. The molecule has 0 amide bonds. The van der Waals surface area contributed by atoms with E-state index in [0.717, 1.165) is 99.6 Å². The van der Waals surface area contributed by atoms with Gasteiger partial charge in [-0.1, -0.05) is 127 Å². The molecule has 0 aromatic heterocycles. The van der Waals surface area contributed by atoms with E-state index >= 15 is 0 Å². The molecule has 14 nitrogen and oxygen atoms in total. The molecule has 0 radical (unpaired) electrons. The number of halogens is 2. The first-order chi connectivity index (χ1) is 38.5. The Balaban J connectivity index is 0.000000503. The van der Waals surface area contributed by atoms with Crippen LogP contribution in [0.1, 0.15) is 162 Å². The van der Waals surface area contributed by atoms with Crippen molar-refractivity contribution in [3.63, 3.8) is 0 Å². The lowest BCUT2D eigenvalue weighted by Crippen LogP contribution is -2.37. The number of hydrogen-bond acceptors (Lipinski definition) is 13. The number of non-ortho nitro benzene ring substituents is 1. The predicted octanol–water partition coefficient (Wildman–Crippen LogP) is 14.0. The molecule has 0 N–H and O–H groups in total. The zero-order valence-electron chi connectivity index (χ0n) is 49.4. The van der Waals surface area contributed by atoms with Crippen molar-refractivity contribution < 1.29 is 61.4 Å². The van der Waals surface area contributed by atoms with Crippen molar-refractivity contribution in [2.24, 2.45) is 17.8 Å². The Hall–Kier alpha value is -6.55. The molecule has 5 rings (SSSR count). The number of nitro groups is 1. The number of likely N-dealkylation sites (tertiary alicyclic amines) is 1. The third kappa shape index (κ3) is 29.1. The molecule has 0 aliphatic carbocycles. The maximum Gasteiger partial charge on any atom is 0.323 e. The zero-order valence-corrected chi connectivity index (χ0v) is 49.4. The molecule has 4 aromatic carbocycles. The molecule has 1 unspecified atom stereocenters. The van der Waals surface area contributed by atoms with E-state index in [2.05, 4.69) is 18.7 Å². The number of ether oxygens (including phenoxy) is 5. The summed E-state index contributed by atoms with van der Waals surface area (Å²) < 4.78 is 51.0. The van der Waals surface area contributed by atoms with Crippen molar-refractivity contribution in [3.8, 4) is 0 Å². The molecule has 0 saturated carbocycles. The molecule has 16 heteroatoms. The minimum atomic E-state index is -0.432. The highest BCUT2D eigenvalue weighted by Gasteiger charge is 2.30. The second-order valence-corrected chi connectivity index (χ2v) is 19.0. The van der Waals surface area contributed by atoms with Crippen molar-refractivity contribution >= 4 is 35.5 Å². The number of rotatable bonds is 27. The second kappa shape index (κ2) is 43.3. The number of benzene rings is 4. The minimum Gasteiger partial charge on any atom is -0.466 e. The summed E-state index contributed by atoms with van der Waals surface area (Å²) in [7, 11) is 0. The molecule has 444 valence electrons. The number of carbonyl (C=O) groups is 5. The van der Waals surface area contributed by atoms with E-state index in [1.807, 2.05) is 71.0 Å². The van der Waals surface area contributed by atoms with Crippen LogP contribution in [-0.2, 0) is 66.9 Å². The SMILES string of the molecule is CCCC(C(=O)OCC)c1ccccc1.CCC[C@@H](Cc1ccc(F)cc1)C(=O)OCC.CCC[C@@H](Cc1ccc([N+](=O)[O-])cc1)C(=O)OCC.CCC[C@@H](Cc1cccc(F)c1)C(=O)OCC.CCOC(=O)[C@@H]1CCCN1CC. The number of hydrogen-bond donors (Lipinski definition) is 0. The third-order valence-electron chi connectivity index (χ3n) is 12.8. The first-order valence-electron chi connectivity index (χ1n) is 28.8. The molecular formula is C64H92F2N2O12. The van der Waals surface area contributed by atoms with Gasteiger partial charge in [0.25, 0.3) is 5.69 Å². The molecule has 1 heterocycles. The largest absolute Gasteiger partial charge is 0.466 e. The van der Waals surface area contributed by atoms with E-state index in [0.29, 0.717) is 52.3 Å². The van der Waals surface area contributed by atoms with Crippen LogP contribution in [0.2, 0.25) is 0 Å². The predicted molar refractivity (Wildman–Crippen MR) is 310 cm³/mol. The number of nitrogens with zero attached hydrogens (tertiary/aromatic N) is 2. The van der Waals surface area contributed by atoms with E-state index in [4.69, 9.17) is 23.7 Å². The van der Waals surface area contributed by atoms with E-state index < -0.39 is 4.92 Å². The fourth-order valence-corrected chi connectivity index (χ4v) is 8.97. The van der Waals surface area contributed by atoms with E-state index in [-0.39, 0.29) is 76.9 Å². The molecule has 5 atom stereocenters. The van der Waals surface area contributed by atoms with Crippen molar-refractivity contribution in [1.29, 1.82) is 0 Å². The van der Waals surface area contributed by atoms with Gasteiger partial charge in [-0.25, -0.2) is 8.78 Å². The maximum absolute atomic E-state index is 13.0. The van der Waals surface area contributed by atoms with Crippen LogP contribution in [0, 0.1) is 39.5 Å². The minimum absolute atomic E-state index is 0.0370. The Morgan fingerprint density at radius 1 is 0.525 bits per heavy atom. The lowest BCUT2D eigenvalue weighted by Gasteiger charge is -2.20. The Morgan fingerprint density at radius 3 is 1.38 bits per heavy atom. The Kier molecular flexibility index (Phi) is 38.7. The first kappa shape index (κ1) is 71.5. The lowest BCUT2D eigenvalue weighted by molar-refractivity contribution is -0.384. The fourth-order valence-electron chi connectivity index (χ4n) is 8.97. The molecule has 0 spiro atoms. The van der Waals surface area contributed by atoms with Gasteiger partial charge in [-0.2, -0.15) is 0 Å². The van der Waals surface area contributed by atoms with Gasteiger partial charge in [0, 0.05) is 12.1 Å². The third-order valence-corrected chi connectivity index (χ3v) is 12.8. The number of likely N-dealkylation sites (N-methyl/N-ethyl adjacent to an activating group) is 1. The summed E-state index contributed by atoms with van der Waals surface area (Å²) in [5.41, 5.74) is 3.84. The van der Waals surface area contributed by atoms with Gasteiger partial charge >= 0.3 is 29.8 Å². The molecule has 1 fully saturated rings. The van der Waals surface area contributed by atoms with Crippen LogP contribution in [0.3, 0.4) is 0 Å². The lowest BCUT2D eigenvalue weighted by atomic mass is 9.95. The van der Waals surface area contributed by atoms with Gasteiger partial charge in [-0.15, -0.1) is 0 Å². The van der Waals surface area contributed by atoms with Gasteiger partial charge in [0.05, 0.1) is 61.6 Å². The summed E-state index contributed by atoms with van der Waals surface area (Å²) >= 11 is 0. The van der Waals surface area contributed by atoms with Crippen molar-refractivity contribution in [1.82, 2.24) is 4.90 Å². The Labute approximate surface area is 475 Å². The average Bonchev–Trinajstić information content (AvgIpc) is 3.94. The van der Waals surface area contributed by atoms with E-state index in [1.165, 1.54) is 36.4 Å². The molecule has 1 aliphatic heterocycles. The number of nitro benzene ring substituents is 1. The Bertz CT molecular complexity index is 2330. The maximum atomic E-state index is 13.0. The molecular weight excluding hydrogens is 1030 g/mol.